The van der Waals surface area contributed by atoms with Crippen LogP contribution in [0.3, 0.4) is 0 Å². The number of hydrogen-bond donors (Lipinski definition) is 2. The van der Waals surface area contributed by atoms with Crippen molar-refractivity contribution in [1.82, 2.24) is 4.72 Å². The fourth-order valence-corrected chi connectivity index (χ4v) is 3.78. The monoisotopic (exact) mass is 396 g/mol. The molecule has 2 aromatic rings. The maximum absolute atomic E-state index is 12.8. The first-order valence-corrected chi connectivity index (χ1v) is 10.2. The zero-order valence-corrected chi connectivity index (χ0v) is 15.5. The van der Waals surface area contributed by atoms with Crippen LogP contribution in [0.5, 0.6) is 0 Å². The molecule has 0 radical (unpaired) electrons. The molecule has 2 rings (SSSR count). The number of sulfonamides is 1. The summed E-state index contributed by atoms with van der Waals surface area (Å²) in [6.07, 6.45) is 0. The first kappa shape index (κ1) is 19.9. The predicted molar refractivity (Wildman–Crippen MR) is 98.6 cm³/mol. The van der Waals surface area contributed by atoms with Crippen LogP contribution >= 0.6 is 11.8 Å². The van der Waals surface area contributed by atoms with Crippen LogP contribution < -0.4 is 10.0 Å². The number of amides is 2. The van der Waals surface area contributed by atoms with E-state index in [1.807, 2.05) is 4.72 Å². The van der Waals surface area contributed by atoms with Crippen molar-refractivity contribution in [2.75, 3.05) is 11.1 Å². The van der Waals surface area contributed by atoms with Crippen LogP contribution in [-0.4, -0.2) is 26.0 Å². The van der Waals surface area contributed by atoms with Gasteiger partial charge in [0.05, 0.1) is 10.6 Å². The fraction of sp³-hybridized carbons (Fsp3) is 0.176. The van der Waals surface area contributed by atoms with Crippen LogP contribution in [-0.2, 0) is 25.4 Å². The van der Waals surface area contributed by atoms with Crippen molar-refractivity contribution in [3.8, 4) is 0 Å². The number of carbonyl (C=O) groups excluding carboxylic acids is 2. The highest BCUT2D eigenvalue weighted by molar-refractivity contribution is 7.99. The maximum atomic E-state index is 12.8. The van der Waals surface area contributed by atoms with Gasteiger partial charge in [0.25, 0.3) is 10.0 Å². The molecule has 0 spiro atoms. The molecule has 26 heavy (non-hydrogen) atoms. The number of benzene rings is 2. The summed E-state index contributed by atoms with van der Waals surface area (Å²) in [5.74, 6) is -0.458. The Bertz CT molecular complexity index is 882. The molecule has 0 aliphatic rings. The molecule has 2 aromatic carbocycles. The number of carbonyl (C=O) groups is 2. The minimum atomic E-state index is -3.90. The molecular formula is C17H17FN2O4S2. The molecule has 0 heterocycles. The Morgan fingerprint density at radius 2 is 1.65 bits per heavy atom. The highest BCUT2D eigenvalue weighted by Crippen LogP contribution is 2.16. The zero-order valence-electron chi connectivity index (χ0n) is 13.9. The van der Waals surface area contributed by atoms with Crippen molar-refractivity contribution in [3.63, 3.8) is 0 Å². The van der Waals surface area contributed by atoms with Gasteiger partial charge in [0.2, 0.25) is 11.8 Å². The summed E-state index contributed by atoms with van der Waals surface area (Å²) >= 11 is 1.38. The quantitative estimate of drug-likeness (QED) is 0.750. The van der Waals surface area contributed by atoms with Gasteiger partial charge in [-0.1, -0.05) is 12.1 Å². The molecule has 6 nitrogen and oxygen atoms in total. The average Bonchev–Trinajstić information content (AvgIpc) is 2.56. The van der Waals surface area contributed by atoms with Crippen LogP contribution in [0, 0.1) is 5.82 Å². The first-order chi connectivity index (χ1) is 12.3. The second-order valence-electron chi connectivity index (χ2n) is 5.35. The third-order valence-corrected chi connectivity index (χ3v) is 5.59. The van der Waals surface area contributed by atoms with Gasteiger partial charge in [-0.05, 0) is 42.0 Å². The molecule has 0 saturated carbocycles. The molecule has 0 bridgehead atoms. The number of halogens is 1. The highest BCUT2D eigenvalue weighted by Gasteiger charge is 2.15. The Morgan fingerprint density at radius 1 is 1.04 bits per heavy atom. The minimum absolute atomic E-state index is 0.0728. The second kappa shape index (κ2) is 8.81. The average molecular weight is 396 g/mol. The van der Waals surface area contributed by atoms with Gasteiger partial charge in [-0.2, -0.15) is 0 Å². The maximum Gasteiger partial charge on any atom is 0.264 e. The molecule has 2 N–H and O–H groups in total. The zero-order chi connectivity index (χ0) is 19.2. The van der Waals surface area contributed by atoms with E-state index in [2.05, 4.69) is 5.32 Å². The normalized spacial score (nSPS) is 11.0. The van der Waals surface area contributed by atoms with E-state index in [1.54, 1.807) is 12.1 Å². The standard InChI is InChI=1S/C17H17FN2O4S2/c1-12(21)20-26(23,24)16-8-6-15(7-9-16)19-17(22)11-25-10-13-2-4-14(18)5-3-13/h2-9H,10-11H2,1H3,(H,19,22)(H,20,21). The minimum Gasteiger partial charge on any atom is -0.325 e. The SMILES string of the molecule is CC(=O)NS(=O)(=O)c1ccc(NC(=O)CSCc2ccc(F)cc2)cc1. The predicted octanol–water partition coefficient (Wildman–Crippen LogP) is 2.52. The summed E-state index contributed by atoms with van der Waals surface area (Å²) in [5, 5.41) is 2.65. The van der Waals surface area contributed by atoms with E-state index in [9.17, 15) is 22.4 Å². The van der Waals surface area contributed by atoms with Gasteiger partial charge < -0.3 is 5.32 Å². The third kappa shape index (κ3) is 6.16. The van der Waals surface area contributed by atoms with Crippen molar-refractivity contribution >= 4 is 39.3 Å². The van der Waals surface area contributed by atoms with Crippen LogP contribution in [0.25, 0.3) is 0 Å². The van der Waals surface area contributed by atoms with Crippen molar-refractivity contribution in [2.45, 2.75) is 17.6 Å². The Balaban J connectivity index is 1.85. The molecule has 2 amide bonds. The number of rotatable bonds is 7. The molecule has 0 aliphatic heterocycles. The van der Waals surface area contributed by atoms with Crippen LogP contribution in [0.1, 0.15) is 12.5 Å². The first-order valence-electron chi connectivity index (χ1n) is 7.52. The Kier molecular flexibility index (Phi) is 6.76. The third-order valence-electron chi connectivity index (χ3n) is 3.14. The van der Waals surface area contributed by atoms with Gasteiger partial charge in [0, 0.05) is 18.4 Å². The topological polar surface area (TPSA) is 92.3 Å². The molecule has 0 atom stereocenters. The summed E-state index contributed by atoms with van der Waals surface area (Å²) < 4.78 is 38.3. The molecular weight excluding hydrogens is 379 g/mol. The lowest BCUT2D eigenvalue weighted by Gasteiger charge is -2.08. The lowest BCUT2D eigenvalue weighted by atomic mass is 10.2. The molecule has 138 valence electrons. The summed E-state index contributed by atoms with van der Waals surface area (Å²) in [5.41, 5.74) is 1.36. The highest BCUT2D eigenvalue weighted by atomic mass is 32.2. The molecule has 0 aromatic heterocycles. The van der Waals surface area contributed by atoms with E-state index in [0.717, 1.165) is 12.5 Å². The number of anilines is 1. The summed E-state index contributed by atoms with van der Waals surface area (Å²) in [6.45, 7) is 1.11. The van der Waals surface area contributed by atoms with E-state index in [4.69, 9.17) is 0 Å². The van der Waals surface area contributed by atoms with Gasteiger partial charge in [-0.3, -0.25) is 9.59 Å². The van der Waals surface area contributed by atoms with E-state index in [-0.39, 0.29) is 22.4 Å². The summed E-state index contributed by atoms with van der Waals surface area (Å²) in [7, 11) is -3.90. The van der Waals surface area contributed by atoms with E-state index in [1.165, 1.54) is 48.2 Å². The summed E-state index contributed by atoms with van der Waals surface area (Å²) in [6, 6.07) is 11.5. The van der Waals surface area contributed by atoms with Gasteiger partial charge >= 0.3 is 0 Å². The van der Waals surface area contributed by atoms with Crippen LogP contribution in [0.15, 0.2) is 53.4 Å². The smallest absolute Gasteiger partial charge is 0.264 e. The van der Waals surface area contributed by atoms with Crippen LogP contribution in [0.2, 0.25) is 0 Å². The summed E-state index contributed by atoms with van der Waals surface area (Å²) in [4.78, 5) is 22.7. The number of thioether (sulfide) groups is 1. The van der Waals surface area contributed by atoms with E-state index < -0.39 is 15.9 Å². The fourth-order valence-electron chi connectivity index (χ4n) is 2.00. The second-order valence-corrected chi connectivity index (χ2v) is 8.02. The van der Waals surface area contributed by atoms with Gasteiger partial charge in [0.1, 0.15) is 5.82 Å². The Labute approximate surface area is 155 Å². The lowest BCUT2D eigenvalue weighted by Crippen LogP contribution is -2.28. The van der Waals surface area contributed by atoms with Crippen LogP contribution in [0.4, 0.5) is 10.1 Å². The van der Waals surface area contributed by atoms with Crippen molar-refractivity contribution < 1.29 is 22.4 Å². The molecule has 0 fully saturated rings. The largest absolute Gasteiger partial charge is 0.325 e. The lowest BCUT2D eigenvalue weighted by molar-refractivity contribution is -0.117. The van der Waals surface area contributed by atoms with Crippen molar-refractivity contribution in [1.29, 1.82) is 0 Å². The molecule has 9 heteroatoms. The van der Waals surface area contributed by atoms with E-state index >= 15 is 0 Å². The molecule has 0 saturated heterocycles. The van der Waals surface area contributed by atoms with Gasteiger partial charge in [-0.15, -0.1) is 11.8 Å². The number of hydrogen-bond acceptors (Lipinski definition) is 5. The number of nitrogens with one attached hydrogen (secondary N) is 2. The van der Waals surface area contributed by atoms with Crippen molar-refractivity contribution in [3.05, 3.63) is 59.9 Å². The van der Waals surface area contributed by atoms with Crippen molar-refractivity contribution in [2.24, 2.45) is 0 Å². The van der Waals surface area contributed by atoms with Gasteiger partial charge in [0.15, 0.2) is 0 Å². The Morgan fingerprint density at radius 3 is 2.23 bits per heavy atom. The van der Waals surface area contributed by atoms with Gasteiger partial charge in [-0.25, -0.2) is 17.5 Å². The Hall–Kier alpha value is -2.39. The molecule has 0 unspecified atom stereocenters. The molecule has 0 aliphatic carbocycles. The van der Waals surface area contributed by atoms with E-state index in [0.29, 0.717) is 11.4 Å².